The number of unbranched alkanes of at least 4 members (excludes halogenated alkanes) is 3. The summed E-state index contributed by atoms with van der Waals surface area (Å²) >= 11 is 5.02. The maximum absolute atomic E-state index is 11.0. The normalized spacial score (nSPS) is 10.4. The van der Waals surface area contributed by atoms with Gasteiger partial charge in [0.25, 0.3) is 0 Å². The van der Waals surface area contributed by atoms with Crippen LogP contribution in [0, 0.1) is 4.77 Å². The highest BCUT2D eigenvalue weighted by molar-refractivity contribution is 7.71. The molecule has 0 bridgehead atoms. The van der Waals surface area contributed by atoms with Gasteiger partial charge in [-0.25, -0.2) is 4.68 Å². The second-order valence-corrected chi connectivity index (χ2v) is 4.15. The van der Waals surface area contributed by atoms with Crippen LogP contribution in [-0.4, -0.2) is 20.8 Å². The molecule has 6 heteroatoms. The Hall–Kier alpha value is -1.17. The molecule has 0 unspecified atom stereocenters. The van der Waals surface area contributed by atoms with Crippen LogP contribution in [0.4, 0.5) is 0 Å². The van der Waals surface area contributed by atoms with Crippen LogP contribution in [-0.2, 0) is 11.2 Å². The van der Waals surface area contributed by atoms with E-state index in [-0.39, 0.29) is 5.91 Å². The van der Waals surface area contributed by atoms with Gasteiger partial charge in [0.15, 0.2) is 5.82 Å². The number of nitrogens with zero attached hydrogens (tertiary/aromatic N) is 2. The van der Waals surface area contributed by atoms with Crippen molar-refractivity contribution >= 4 is 18.1 Å². The van der Waals surface area contributed by atoms with Gasteiger partial charge in [0.1, 0.15) is 0 Å². The number of aromatic amines is 1. The molecular formula is C10H18N4OS. The molecule has 0 saturated heterocycles. The predicted molar refractivity (Wildman–Crippen MR) is 65.3 cm³/mol. The van der Waals surface area contributed by atoms with Crippen molar-refractivity contribution in [2.75, 3.05) is 5.43 Å². The quantitative estimate of drug-likeness (QED) is 0.593. The maximum atomic E-state index is 11.0. The van der Waals surface area contributed by atoms with Gasteiger partial charge in [-0.2, -0.15) is 5.10 Å². The molecule has 90 valence electrons. The summed E-state index contributed by atoms with van der Waals surface area (Å²) in [7, 11) is 0. The van der Waals surface area contributed by atoms with Crippen molar-refractivity contribution < 1.29 is 4.79 Å². The number of H-pyrrole nitrogens is 1. The minimum Gasteiger partial charge on any atom is -0.274 e. The molecule has 0 spiro atoms. The van der Waals surface area contributed by atoms with Gasteiger partial charge in [0, 0.05) is 13.3 Å². The molecule has 0 atom stereocenters. The first-order valence-electron chi connectivity index (χ1n) is 5.59. The number of aryl methyl sites for hydroxylation is 1. The first kappa shape index (κ1) is 12.9. The van der Waals surface area contributed by atoms with E-state index in [0.29, 0.717) is 4.77 Å². The summed E-state index contributed by atoms with van der Waals surface area (Å²) in [6, 6.07) is 0. The number of hydrogen-bond donors (Lipinski definition) is 2. The Bertz CT molecular complexity index is 396. The summed E-state index contributed by atoms with van der Waals surface area (Å²) in [5, 5.41) is 6.78. The molecule has 1 heterocycles. The van der Waals surface area contributed by atoms with Gasteiger partial charge in [-0.3, -0.25) is 15.3 Å². The molecule has 2 N–H and O–H groups in total. The summed E-state index contributed by atoms with van der Waals surface area (Å²) in [4.78, 5) is 11.0. The van der Waals surface area contributed by atoms with E-state index >= 15 is 0 Å². The van der Waals surface area contributed by atoms with E-state index in [0.717, 1.165) is 18.7 Å². The molecule has 0 fully saturated rings. The van der Waals surface area contributed by atoms with Gasteiger partial charge in [0.2, 0.25) is 10.7 Å². The van der Waals surface area contributed by atoms with Gasteiger partial charge < -0.3 is 0 Å². The minimum atomic E-state index is -0.146. The Morgan fingerprint density at radius 2 is 2.25 bits per heavy atom. The molecule has 0 aromatic carbocycles. The molecular weight excluding hydrogens is 224 g/mol. The van der Waals surface area contributed by atoms with Crippen molar-refractivity contribution in [1.29, 1.82) is 0 Å². The molecule has 0 aliphatic heterocycles. The van der Waals surface area contributed by atoms with Crippen LogP contribution in [0.3, 0.4) is 0 Å². The lowest BCUT2D eigenvalue weighted by Gasteiger charge is -2.05. The molecule has 1 aromatic heterocycles. The van der Waals surface area contributed by atoms with Crippen molar-refractivity contribution in [3.05, 3.63) is 10.6 Å². The van der Waals surface area contributed by atoms with Crippen LogP contribution in [0.2, 0.25) is 0 Å². The lowest BCUT2D eigenvalue weighted by molar-refractivity contribution is -0.115. The number of nitrogens with one attached hydrogen (secondary N) is 2. The Labute approximate surface area is 100 Å². The summed E-state index contributed by atoms with van der Waals surface area (Å²) in [6.07, 6.45) is 5.50. The van der Waals surface area contributed by atoms with Crippen molar-refractivity contribution in [3.8, 4) is 0 Å². The molecule has 16 heavy (non-hydrogen) atoms. The fourth-order valence-corrected chi connectivity index (χ4v) is 1.68. The first-order chi connectivity index (χ1) is 7.65. The molecule has 0 radical (unpaired) electrons. The van der Waals surface area contributed by atoms with Crippen molar-refractivity contribution in [2.24, 2.45) is 0 Å². The Morgan fingerprint density at radius 1 is 1.50 bits per heavy atom. The number of carbonyl (C=O) groups excluding carboxylic acids is 1. The fourth-order valence-electron chi connectivity index (χ4n) is 1.48. The van der Waals surface area contributed by atoms with Crippen LogP contribution in [0.25, 0.3) is 0 Å². The van der Waals surface area contributed by atoms with Crippen LogP contribution < -0.4 is 5.43 Å². The minimum absolute atomic E-state index is 0.146. The smallest absolute Gasteiger partial charge is 0.235 e. The van der Waals surface area contributed by atoms with Crippen molar-refractivity contribution in [2.45, 2.75) is 46.0 Å². The van der Waals surface area contributed by atoms with Gasteiger partial charge in [0.05, 0.1) is 0 Å². The van der Waals surface area contributed by atoms with Crippen LogP contribution in [0.1, 0.15) is 45.4 Å². The lowest BCUT2D eigenvalue weighted by Crippen LogP contribution is -2.22. The highest BCUT2D eigenvalue weighted by atomic mass is 32.1. The summed E-state index contributed by atoms with van der Waals surface area (Å²) < 4.78 is 1.98. The zero-order valence-corrected chi connectivity index (χ0v) is 10.6. The third-order valence-corrected chi connectivity index (χ3v) is 2.54. The van der Waals surface area contributed by atoms with Gasteiger partial charge in [-0.05, 0) is 18.6 Å². The monoisotopic (exact) mass is 242 g/mol. The number of aromatic nitrogens is 3. The van der Waals surface area contributed by atoms with Gasteiger partial charge >= 0.3 is 0 Å². The van der Waals surface area contributed by atoms with E-state index in [9.17, 15) is 4.79 Å². The predicted octanol–water partition coefficient (Wildman–Crippen LogP) is 2.15. The van der Waals surface area contributed by atoms with Crippen LogP contribution in [0.5, 0.6) is 0 Å². The van der Waals surface area contributed by atoms with E-state index in [2.05, 4.69) is 22.5 Å². The van der Waals surface area contributed by atoms with Gasteiger partial charge in [-0.1, -0.05) is 26.2 Å². The highest BCUT2D eigenvalue weighted by Crippen LogP contribution is 2.05. The Kier molecular flexibility index (Phi) is 5.18. The van der Waals surface area contributed by atoms with Crippen LogP contribution in [0.15, 0.2) is 0 Å². The second kappa shape index (κ2) is 6.42. The number of carbonyl (C=O) groups is 1. The maximum Gasteiger partial charge on any atom is 0.235 e. The third kappa shape index (κ3) is 3.77. The molecule has 0 aliphatic carbocycles. The lowest BCUT2D eigenvalue weighted by atomic mass is 10.1. The van der Waals surface area contributed by atoms with E-state index in [1.165, 1.54) is 26.2 Å². The average Bonchev–Trinajstić information content (AvgIpc) is 2.56. The van der Waals surface area contributed by atoms with Crippen molar-refractivity contribution in [3.63, 3.8) is 0 Å². The topological polar surface area (TPSA) is 62.7 Å². The molecule has 5 nitrogen and oxygen atoms in total. The van der Waals surface area contributed by atoms with Crippen LogP contribution >= 0.6 is 12.2 Å². The summed E-state index contributed by atoms with van der Waals surface area (Å²) in [5.74, 6) is 0.642. The van der Waals surface area contributed by atoms with E-state index in [4.69, 9.17) is 12.2 Å². The summed E-state index contributed by atoms with van der Waals surface area (Å²) in [6.45, 7) is 3.63. The number of amides is 1. The molecule has 0 saturated carbocycles. The second-order valence-electron chi connectivity index (χ2n) is 3.76. The van der Waals surface area contributed by atoms with Crippen molar-refractivity contribution in [1.82, 2.24) is 14.9 Å². The highest BCUT2D eigenvalue weighted by Gasteiger charge is 2.06. The summed E-state index contributed by atoms with van der Waals surface area (Å²) in [5.41, 5.74) is 2.64. The number of hydrogen-bond acceptors (Lipinski definition) is 3. The molecule has 1 aromatic rings. The van der Waals surface area contributed by atoms with E-state index in [1.54, 1.807) is 4.68 Å². The molecule has 0 aliphatic rings. The zero-order valence-electron chi connectivity index (χ0n) is 9.75. The molecule has 1 rings (SSSR count). The third-order valence-electron chi connectivity index (χ3n) is 2.26. The van der Waals surface area contributed by atoms with E-state index < -0.39 is 0 Å². The standard InChI is InChI=1S/C10H18N4OS/c1-3-4-5-6-7-9-11-12-10(16)14(9)13-8(2)15/h3-7H2,1-2H3,(H,12,16)(H,13,15). The number of rotatable bonds is 6. The Balaban J connectivity index is 2.58. The Morgan fingerprint density at radius 3 is 2.88 bits per heavy atom. The zero-order chi connectivity index (χ0) is 12.0. The fraction of sp³-hybridized carbons (Fsp3) is 0.700. The van der Waals surface area contributed by atoms with E-state index in [1.807, 2.05) is 0 Å². The SMILES string of the molecule is CCCCCCc1n[nH]c(=S)n1NC(C)=O. The van der Waals surface area contributed by atoms with Gasteiger partial charge in [-0.15, -0.1) is 0 Å². The average molecular weight is 242 g/mol. The first-order valence-corrected chi connectivity index (χ1v) is 6.00. The largest absolute Gasteiger partial charge is 0.274 e. The molecule has 1 amide bonds.